The van der Waals surface area contributed by atoms with Gasteiger partial charge in [0.2, 0.25) is 0 Å². The molecule has 10 heavy (non-hydrogen) atoms. The number of alkyl halides is 3. The third-order valence-corrected chi connectivity index (χ3v) is 5.79. The molecule has 0 bridgehead atoms. The van der Waals surface area contributed by atoms with E-state index in [1.54, 1.807) is 0 Å². The molecule has 1 rings (SSSR count). The second kappa shape index (κ2) is 4.40. The van der Waals surface area contributed by atoms with E-state index < -0.39 is 0 Å². The summed E-state index contributed by atoms with van der Waals surface area (Å²) in [5.74, 6) is 0.753. The molecule has 0 aliphatic heterocycles. The van der Waals surface area contributed by atoms with Crippen molar-refractivity contribution in [2.75, 3.05) is 4.43 Å². The minimum absolute atomic E-state index is 0.444. The van der Waals surface area contributed by atoms with Crippen molar-refractivity contribution in [1.82, 2.24) is 0 Å². The van der Waals surface area contributed by atoms with E-state index >= 15 is 0 Å². The number of hydrogen-bond donors (Lipinski definition) is 1. The molecule has 0 radical (unpaired) electrons. The Morgan fingerprint density at radius 3 is 2.10 bits per heavy atom. The zero-order chi connectivity index (χ0) is 7.72. The van der Waals surface area contributed by atoms with Crippen LogP contribution in [-0.4, -0.2) is 18.3 Å². The summed E-state index contributed by atoms with van der Waals surface area (Å²) in [7, 11) is 0. The van der Waals surface area contributed by atoms with Gasteiger partial charge in [-0.15, -0.1) is 0 Å². The van der Waals surface area contributed by atoms with Crippen LogP contribution in [0.4, 0.5) is 0 Å². The first-order chi connectivity index (χ1) is 4.66. The zero-order valence-electron chi connectivity index (χ0n) is 5.43. The first kappa shape index (κ1) is 10.2. The Morgan fingerprint density at radius 2 is 1.90 bits per heavy atom. The van der Waals surface area contributed by atoms with Crippen molar-refractivity contribution in [1.29, 1.82) is 0 Å². The van der Waals surface area contributed by atoms with Crippen LogP contribution in [0.1, 0.15) is 6.42 Å². The maximum absolute atomic E-state index is 6.01. The van der Waals surface area contributed by atoms with Crippen LogP contribution in [0.15, 0.2) is 0 Å². The molecule has 0 heterocycles. The van der Waals surface area contributed by atoms with Crippen LogP contribution in [0.5, 0.6) is 0 Å². The zero-order valence-corrected chi connectivity index (χ0v) is 11.9. The summed E-state index contributed by atoms with van der Waals surface area (Å²) in [5, 5.41) is 0. The Labute approximate surface area is 103 Å². The van der Waals surface area contributed by atoms with Crippen LogP contribution in [0.3, 0.4) is 0 Å². The highest BCUT2D eigenvalue weighted by Crippen LogP contribution is 2.36. The molecule has 1 aliphatic rings. The van der Waals surface area contributed by atoms with Gasteiger partial charge in [-0.2, -0.15) is 0 Å². The molecule has 0 aromatic carbocycles. The van der Waals surface area contributed by atoms with E-state index in [0.717, 1.165) is 9.84 Å². The minimum Gasteiger partial charge on any atom is -0.326 e. The van der Waals surface area contributed by atoms with E-state index in [9.17, 15) is 0 Å². The molecule has 2 N–H and O–H groups in total. The second-order valence-corrected chi connectivity index (χ2v) is 6.74. The molecular formula is C6H10I3N. The average molecular weight is 477 g/mol. The maximum Gasteiger partial charge on any atom is 0.0274 e. The van der Waals surface area contributed by atoms with Crippen molar-refractivity contribution in [3.05, 3.63) is 0 Å². The lowest BCUT2D eigenvalue weighted by Gasteiger charge is -2.15. The molecule has 60 valence electrons. The highest BCUT2D eigenvalue weighted by atomic mass is 127. The lowest BCUT2D eigenvalue weighted by Crippen LogP contribution is -2.33. The second-order valence-electron chi connectivity index (χ2n) is 2.66. The predicted octanol–water partition coefficient (Wildman–Crippen LogP) is 2.38. The van der Waals surface area contributed by atoms with Gasteiger partial charge in [-0.3, -0.25) is 0 Å². The van der Waals surface area contributed by atoms with Crippen molar-refractivity contribution >= 4 is 67.8 Å². The Balaban J connectivity index is 2.55. The van der Waals surface area contributed by atoms with E-state index in [2.05, 4.69) is 67.8 Å². The van der Waals surface area contributed by atoms with E-state index in [4.69, 9.17) is 5.73 Å². The molecule has 4 unspecified atom stereocenters. The van der Waals surface area contributed by atoms with Gasteiger partial charge in [-0.1, -0.05) is 67.8 Å². The molecule has 4 atom stereocenters. The summed E-state index contributed by atoms with van der Waals surface area (Å²) < 4.78 is 2.73. The van der Waals surface area contributed by atoms with E-state index in [1.165, 1.54) is 10.8 Å². The summed E-state index contributed by atoms with van der Waals surface area (Å²) >= 11 is 7.46. The Hall–Kier alpha value is 2.15. The lowest BCUT2D eigenvalue weighted by atomic mass is 10.1. The number of rotatable bonds is 1. The Morgan fingerprint density at radius 1 is 1.30 bits per heavy atom. The van der Waals surface area contributed by atoms with Gasteiger partial charge in [-0.25, -0.2) is 0 Å². The van der Waals surface area contributed by atoms with Crippen LogP contribution >= 0.6 is 67.8 Å². The molecule has 1 aliphatic carbocycles. The topological polar surface area (TPSA) is 26.0 Å². The molecular weight excluding hydrogens is 467 g/mol. The smallest absolute Gasteiger partial charge is 0.0274 e. The molecule has 4 heteroatoms. The van der Waals surface area contributed by atoms with Gasteiger partial charge in [-0.05, 0) is 12.3 Å². The first-order valence-corrected chi connectivity index (χ1v) is 7.28. The lowest BCUT2D eigenvalue weighted by molar-refractivity contribution is 0.568. The largest absolute Gasteiger partial charge is 0.326 e. The summed E-state index contributed by atoms with van der Waals surface area (Å²) in [5.41, 5.74) is 6.01. The predicted molar refractivity (Wildman–Crippen MR) is 70.6 cm³/mol. The first-order valence-electron chi connectivity index (χ1n) is 3.26. The summed E-state index contributed by atoms with van der Waals surface area (Å²) in [6, 6.07) is 0.444. The fraction of sp³-hybridized carbons (Fsp3) is 1.00. The van der Waals surface area contributed by atoms with Crippen molar-refractivity contribution in [2.45, 2.75) is 20.3 Å². The molecule has 0 aromatic heterocycles. The molecule has 0 aromatic rings. The molecule has 0 saturated heterocycles. The normalized spacial score (nSPS) is 48.0. The Kier molecular flexibility index (Phi) is 4.51. The van der Waals surface area contributed by atoms with Crippen molar-refractivity contribution in [2.24, 2.45) is 11.7 Å². The highest BCUT2D eigenvalue weighted by Gasteiger charge is 2.37. The highest BCUT2D eigenvalue weighted by molar-refractivity contribution is 14.1. The van der Waals surface area contributed by atoms with Gasteiger partial charge < -0.3 is 5.73 Å². The van der Waals surface area contributed by atoms with Gasteiger partial charge in [0.25, 0.3) is 0 Å². The summed E-state index contributed by atoms with van der Waals surface area (Å²) in [6.45, 7) is 0. The Bertz CT molecular complexity index is 120. The minimum atomic E-state index is 0.444. The monoisotopic (exact) mass is 477 g/mol. The maximum atomic E-state index is 6.01. The number of hydrogen-bond acceptors (Lipinski definition) is 1. The summed E-state index contributed by atoms with van der Waals surface area (Å²) in [4.78, 5) is 0. The SMILES string of the molecule is NC1C(I)CC(I)C1CI. The molecule has 0 amide bonds. The van der Waals surface area contributed by atoms with E-state index in [0.29, 0.717) is 9.97 Å². The fourth-order valence-corrected chi connectivity index (χ4v) is 6.77. The van der Waals surface area contributed by atoms with Gasteiger partial charge >= 0.3 is 0 Å². The van der Waals surface area contributed by atoms with Crippen molar-refractivity contribution in [3.63, 3.8) is 0 Å². The standard InChI is InChI=1S/C6H10I3N/c7-2-3-4(8)1-5(9)6(3)10/h3-6H,1-2,10H2. The quantitative estimate of drug-likeness (QED) is 0.456. The van der Waals surface area contributed by atoms with Crippen molar-refractivity contribution < 1.29 is 0 Å². The van der Waals surface area contributed by atoms with Gasteiger partial charge in [0.1, 0.15) is 0 Å². The summed E-state index contributed by atoms with van der Waals surface area (Å²) in [6.07, 6.45) is 1.30. The number of nitrogens with two attached hydrogens (primary N) is 1. The van der Waals surface area contributed by atoms with Crippen LogP contribution in [-0.2, 0) is 0 Å². The molecule has 1 nitrogen and oxygen atoms in total. The third kappa shape index (κ3) is 2.09. The molecule has 0 spiro atoms. The van der Waals surface area contributed by atoms with Crippen LogP contribution in [0.2, 0.25) is 0 Å². The van der Waals surface area contributed by atoms with Crippen molar-refractivity contribution in [3.8, 4) is 0 Å². The number of halogens is 3. The molecule has 1 fully saturated rings. The van der Waals surface area contributed by atoms with E-state index in [1.807, 2.05) is 0 Å². The van der Waals surface area contributed by atoms with E-state index in [-0.39, 0.29) is 0 Å². The fourth-order valence-electron chi connectivity index (χ4n) is 1.26. The van der Waals surface area contributed by atoms with Gasteiger partial charge in [0.15, 0.2) is 0 Å². The van der Waals surface area contributed by atoms with Gasteiger partial charge in [0.05, 0.1) is 0 Å². The van der Waals surface area contributed by atoms with Crippen LogP contribution in [0.25, 0.3) is 0 Å². The molecule has 1 saturated carbocycles. The van der Waals surface area contributed by atoms with Crippen LogP contribution in [0, 0.1) is 5.92 Å². The third-order valence-electron chi connectivity index (χ3n) is 2.01. The van der Waals surface area contributed by atoms with Gasteiger partial charge in [0, 0.05) is 18.3 Å². The average Bonchev–Trinajstić information content (AvgIpc) is 2.09. The van der Waals surface area contributed by atoms with Crippen LogP contribution < -0.4 is 5.73 Å².